The Morgan fingerprint density at radius 3 is 0.364 bits per heavy atom. The third-order valence-electron chi connectivity index (χ3n) is 3.25. The molecule has 33 heavy (non-hydrogen) atoms. The first kappa shape index (κ1) is 42.9. The molecule has 0 aromatic carbocycles. The predicted molar refractivity (Wildman–Crippen MR) is 171 cm³/mol. The Morgan fingerprint density at radius 2 is 0.364 bits per heavy atom. The molecule has 0 amide bonds. The van der Waals surface area contributed by atoms with Crippen molar-refractivity contribution in [3.63, 3.8) is 0 Å². The van der Waals surface area contributed by atoms with E-state index in [9.17, 15) is 0 Å². The van der Waals surface area contributed by atoms with Gasteiger partial charge >= 0.3 is 209 Å². The van der Waals surface area contributed by atoms with Gasteiger partial charge in [-0.3, -0.25) is 0 Å². The van der Waals surface area contributed by atoms with Crippen LogP contribution in [0.15, 0.2) is 0 Å². The maximum atomic E-state index is 2.39. The molecule has 0 atom stereocenters. The van der Waals surface area contributed by atoms with Gasteiger partial charge in [-0.25, -0.2) is 0 Å². The predicted octanol–water partition coefficient (Wildman–Crippen LogP) is 11.0. The Morgan fingerprint density at radius 1 is 0.273 bits per heavy atom. The second kappa shape index (κ2) is 17.4. The molecule has 0 aromatic heterocycles. The van der Waals surface area contributed by atoms with Crippen molar-refractivity contribution in [1.29, 1.82) is 0 Å². The van der Waals surface area contributed by atoms with Gasteiger partial charge in [-0.15, -0.1) is 0 Å². The molecule has 0 aliphatic rings. The first-order chi connectivity index (χ1) is 13.8. The van der Waals surface area contributed by atoms with Crippen LogP contribution in [0, 0.1) is 0 Å². The van der Waals surface area contributed by atoms with Crippen molar-refractivity contribution >= 4 is 80.1 Å². The summed E-state index contributed by atoms with van der Waals surface area (Å²) in [5.74, 6) is 0. The molecule has 0 aromatic rings. The van der Waals surface area contributed by atoms with Gasteiger partial charge in [0.1, 0.15) is 0 Å². The minimum atomic E-state index is -0.182. The van der Waals surface area contributed by atoms with Crippen LogP contribution in [0.1, 0.15) is 125 Å². The quantitative estimate of drug-likeness (QED) is 0.231. The van der Waals surface area contributed by atoms with Crippen molar-refractivity contribution < 1.29 is 0 Å². The monoisotopic (exact) mass is 818 g/mol. The van der Waals surface area contributed by atoms with Gasteiger partial charge in [-0.2, -0.15) is 0 Å². The number of hydrogen-bond acceptors (Lipinski definition) is 0. The van der Waals surface area contributed by atoms with Crippen LogP contribution in [-0.2, 0) is 0 Å². The molecule has 0 rings (SSSR count). The second-order valence-corrected chi connectivity index (χ2v) is 53.7. The Kier molecular flexibility index (Phi) is 22.7. The van der Waals surface area contributed by atoms with Crippen molar-refractivity contribution in [1.82, 2.24) is 0 Å². The molecule has 0 saturated carbocycles. The van der Waals surface area contributed by atoms with Gasteiger partial charge in [0.25, 0.3) is 0 Å². The molecule has 0 aliphatic carbocycles. The minimum Gasteiger partial charge on any atom is -0.0735 e. The summed E-state index contributed by atoms with van der Waals surface area (Å²) in [7, 11) is 0.300. The molecule has 0 saturated heterocycles. The van der Waals surface area contributed by atoms with Crippen LogP contribution in [0.25, 0.3) is 0 Å². The van der Waals surface area contributed by atoms with Gasteiger partial charge < -0.3 is 0 Å². The number of rotatable bonds is 1. The minimum absolute atomic E-state index is 0.150. The molecule has 5 heteroatoms. The van der Waals surface area contributed by atoms with Crippen LogP contribution in [0.5, 0.6) is 0 Å². The molecule has 0 fully saturated rings. The van der Waals surface area contributed by atoms with Crippen LogP contribution in [0.3, 0.4) is 0 Å². The van der Waals surface area contributed by atoms with E-state index < -0.39 is 0 Å². The van der Waals surface area contributed by atoms with Gasteiger partial charge in [-0.05, 0) is 0 Å². The molecule has 0 bridgehead atoms. The molecule has 8 radical (unpaired) electrons. The van der Waals surface area contributed by atoms with Crippen LogP contribution in [0.4, 0.5) is 0 Å². The van der Waals surface area contributed by atoms with E-state index in [0.717, 1.165) is 0 Å². The van der Waals surface area contributed by atoms with Crippen molar-refractivity contribution in [2.45, 2.75) is 171 Å². The SMILES string of the molecule is C[C](C)(C)[Sn][C](C)(C)C.C[C](C)(C)[Sn][C](C)(C)C.C[C](C)(C)[Sn][C](C)(C)C.C[Si](C)[Si](C)C. The molecule has 198 valence electrons. The van der Waals surface area contributed by atoms with Crippen molar-refractivity contribution in [2.75, 3.05) is 0 Å². The van der Waals surface area contributed by atoms with Crippen molar-refractivity contribution in [3.8, 4) is 0 Å². The Bertz CT molecular complexity index is 354. The Balaban J connectivity index is -0.000000172. The van der Waals surface area contributed by atoms with Crippen LogP contribution >= 0.6 is 0 Å². The summed E-state index contributed by atoms with van der Waals surface area (Å²) in [6.07, 6.45) is 0. The molecule has 0 spiro atoms. The van der Waals surface area contributed by atoms with E-state index in [-0.39, 0.29) is 80.1 Å². The topological polar surface area (TPSA) is 0 Å². The Labute approximate surface area is 248 Å². The zero-order valence-electron chi connectivity index (χ0n) is 27.5. The zero-order valence-corrected chi connectivity index (χ0v) is 38.1. The van der Waals surface area contributed by atoms with Crippen LogP contribution in [0.2, 0.25) is 46.8 Å². The zero-order chi connectivity index (χ0) is 28.3. The molecule has 0 heterocycles. The van der Waals surface area contributed by atoms with Crippen molar-refractivity contribution in [3.05, 3.63) is 0 Å². The molecule has 0 aliphatic heterocycles. The van der Waals surface area contributed by atoms with E-state index in [1.165, 1.54) is 0 Å². The summed E-state index contributed by atoms with van der Waals surface area (Å²) in [4.78, 5) is 0. The Hall–Kier alpha value is 2.83. The van der Waals surface area contributed by atoms with Crippen molar-refractivity contribution in [2.24, 2.45) is 0 Å². The molecular formula is C28H66Si2Sn3. The van der Waals surface area contributed by atoms with Gasteiger partial charge in [0.2, 0.25) is 0 Å². The fraction of sp³-hybridized carbons (Fsp3) is 1.00. The fourth-order valence-corrected chi connectivity index (χ4v) is 22.6. The van der Waals surface area contributed by atoms with E-state index in [2.05, 4.69) is 151 Å². The number of hydrogen-bond donors (Lipinski definition) is 0. The second-order valence-electron chi connectivity index (χ2n) is 15.9. The van der Waals surface area contributed by atoms with E-state index in [1.54, 1.807) is 0 Å². The summed E-state index contributed by atoms with van der Waals surface area (Å²) < 4.78 is 3.93. The molecule has 0 unspecified atom stereocenters. The van der Waals surface area contributed by atoms with Gasteiger partial charge in [0.05, 0.1) is 0 Å². The maximum Gasteiger partial charge on any atom is 0.0307 e. The van der Waals surface area contributed by atoms with Gasteiger partial charge in [-0.1, -0.05) is 26.2 Å². The first-order valence-corrected chi connectivity index (χ1v) is 27.3. The van der Waals surface area contributed by atoms with Crippen LogP contribution in [-0.4, -0.2) is 80.1 Å². The summed E-state index contributed by atoms with van der Waals surface area (Å²) in [6, 6.07) is 0. The summed E-state index contributed by atoms with van der Waals surface area (Å²) in [6.45, 7) is 52.1. The standard InChI is InChI=1S/C4H12Si2.6C4H9.3Sn/c1-5(2)6(3)4;6*1-4(2)3;;;/h1-4H3;6*1-3H3;;;. The summed E-state index contributed by atoms with van der Waals surface area (Å²) in [5.41, 5.74) is 0. The van der Waals surface area contributed by atoms with E-state index in [0.29, 0.717) is 20.6 Å². The average molecular weight is 815 g/mol. The third kappa shape index (κ3) is 60.9. The summed E-state index contributed by atoms with van der Waals surface area (Å²) in [5, 5.41) is 0. The average Bonchev–Trinajstić information content (AvgIpc) is 2.25. The summed E-state index contributed by atoms with van der Waals surface area (Å²) >= 11 is -0.545. The third-order valence-corrected chi connectivity index (χ3v) is 24.1. The molecule has 0 nitrogen and oxygen atoms in total. The fourth-order valence-electron chi connectivity index (χ4n) is 3.38. The normalized spacial score (nSPS) is 13.5. The van der Waals surface area contributed by atoms with Gasteiger partial charge in [0, 0.05) is 16.6 Å². The van der Waals surface area contributed by atoms with Crippen LogP contribution < -0.4 is 0 Å². The largest absolute Gasteiger partial charge is 0.0735 e. The first-order valence-electron chi connectivity index (χ1n) is 12.8. The molecule has 0 N–H and O–H groups in total. The van der Waals surface area contributed by atoms with E-state index >= 15 is 0 Å². The van der Waals surface area contributed by atoms with E-state index in [4.69, 9.17) is 0 Å². The smallest absolute Gasteiger partial charge is 0.0307 e. The molecular weight excluding hydrogens is 749 g/mol. The van der Waals surface area contributed by atoms with E-state index in [1.807, 2.05) is 0 Å². The maximum absolute atomic E-state index is 2.39. The van der Waals surface area contributed by atoms with Gasteiger partial charge in [0.15, 0.2) is 0 Å².